The van der Waals surface area contributed by atoms with Crippen LogP contribution in [0.1, 0.15) is 16.5 Å². The molecule has 0 bridgehead atoms. The van der Waals surface area contributed by atoms with Crippen LogP contribution in [0, 0.1) is 0 Å². The van der Waals surface area contributed by atoms with E-state index in [1.807, 2.05) is 29.6 Å². The van der Waals surface area contributed by atoms with E-state index < -0.39 is 0 Å². The van der Waals surface area contributed by atoms with E-state index >= 15 is 0 Å². The fourth-order valence-corrected chi connectivity index (χ4v) is 3.59. The largest absolute Gasteiger partial charge is 0.271 e. The molecule has 3 N–H and O–H groups in total. The van der Waals surface area contributed by atoms with Crippen molar-refractivity contribution >= 4 is 22.9 Å². The van der Waals surface area contributed by atoms with Gasteiger partial charge in [0.15, 0.2) is 0 Å². The second kappa shape index (κ2) is 6.41. The molecule has 4 heteroatoms. The van der Waals surface area contributed by atoms with E-state index in [2.05, 4.69) is 41.8 Å². The lowest BCUT2D eigenvalue weighted by molar-refractivity contribution is 0.647. The van der Waals surface area contributed by atoms with Crippen LogP contribution >= 0.6 is 22.9 Å². The number of hydrazine groups is 1. The molecule has 1 aromatic heterocycles. The topological polar surface area (TPSA) is 38.0 Å². The minimum Gasteiger partial charge on any atom is -0.271 e. The maximum absolute atomic E-state index is 6.21. The number of benzene rings is 2. The lowest BCUT2D eigenvalue weighted by Crippen LogP contribution is -2.28. The number of nitrogens with one attached hydrogen (secondary N) is 1. The summed E-state index contributed by atoms with van der Waals surface area (Å²) in [6.07, 6.45) is 0. The number of hydrogen-bond donors (Lipinski definition) is 2. The molecule has 0 saturated carbocycles. The predicted molar refractivity (Wildman–Crippen MR) is 90.4 cm³/mol. The van der Waals surface area contributed by atoms with Gasteiger partial charge < -0.3 is 0 Å². The third-order valence-corrected chi connectivity index (χ3v) is 4.85. The van der Waals surface area contributed by atoms with Crippen LogP contribution in [-0.2, 0) is 0 Å². The van der Waals surface area contributed by atoms with Gasteiger partial charge in [0.25, 0.3) is 0 Å². The number of rotatable bonds is 4. The maximum Gasteiger partial charge on any atom is 0.0817 e. The molecule has 2 aromatic carbocycles. The van der Waals surface area contributed by atoms with Crippen LogP contribution < -0.4 is 11.3 Å². The van der Waals surface area contributed by atoms with Gasteiger partial charge in [-0.25, -0.2) is 5.43 Å². The van der Waals surface area contributed by atoms with Crippen molar-refractivity contribution in [3.05, 3.63) is 81.5 Å². The lowest BCUT2D eigenvalue weighted by atomic mass is 10.0. The van der Waals surface area contributed by atoms with Gasteiger partial charge in [0.05, 0.1) is 11.1 Å². The van der Waals surface area contributed by atoms with Crippen molar-refractivity contribution in [2.24, 2.45) is 5.84 Å². The third kappa shape index (κ3) is 3.01. The zero-order valence-electron chi connectivity index (χ0n) is 11.3. The summed E-state index contributed by atoms with van der Waals surface area (Å²) in [5.74, 6) is 5.71. The quantitative estimate of drug-likeness (QED) is 0.544. The highest BCUT2D eigenvalue weighted by atomic mass is 35.5. The lowest BCUT2D eigenvalue weighted by Gasteiger charge is -2.16. The summed E-state index contributed by atoms with van der Waals surface area (Å²) in [4.78, 5) is 1.03. The molecule has 1 atom stereocenters. The summed E-state index contributed by atoms with van der Waals surface area (Å²) >= 11 is 7.81. The van der Waals surface area contributed by atoms with E-state index in [4.69, 9.17) is 17.4 Å². The van der Waals surface area contributed by atoms with E-state index in [0.717, 1.165) is 15.5 Å². The van der Waals surface area contributed by atoms with Crippen LogP contribution in [0.3, 0.4) is 0 Å². The number of thiophene rings is 1. The van der Waals surface area contributed by atoms with E-state index in [0.29, 0.717) is 0 Å². The summed E-state index contributed by atoms with van der Waals surface area (Å²) in [6.45, 7) is 0. The van der Waals surface area contributed by atoms with Crippen molar-refractivity contribution in [3.8, 4) is 11.1 Å². The van der Waals surface area contributed by atoms with Gasteiger partial charge >= 0.3 is 0 Å². The summed E-state index contributed by atoms with van der Waals surface area (Å²) in [5.41, 5.74) is 6.34. The Bertz CT molecular complexity index is 707. The van der Waals surface area contributed by atoms with Crippen molar-refractivity contribution in [2.75, 3.05) is 0 Å². The SMILES string of the molecule is NNC(c1ccc(-c2ccccc2)cc1)c1sccc1Cl. The minimum atomic E-state index is -0.0812. The van der Waals surface area contributed by atoms with Crippen molar-refractivity contribution in [2.45, 2.75) is 6.04 Å². The van der Waals surface area contributed by atoms with Gasteiger partial charge in [-0.3, -0.25) is 5.84 Å². The first-order valence-corrected chi connectivity index (χ1v) is 7.90. The minimum absolute atomic E-state index is 0.0812. The predicted octanol–water partition coefficient (Wildman–Crippen LogP) is 4.62. The summed E-state index contributed by atoms with van der Waals surface area (Å²) in [7, 11) is 0. The van der Waals surface area contributed by atoms with Crippen LogP contribution in [0.25, 0.3) is 11.1 Å². The Morgan fingerprint density at radius 2 is 1.57 bits per heavy atom. The highest BCUT2D eigenvalue weighted by molar-refractivity contribution is 7.10. The molecule has 0 aliphatic rings. The molecule has 3 rings (SSSR count). The highest BCUT2D eigenvalue weighted by Gasteiger charge is 2.16. The fourth-order valence-electron chi connectivity index (χ4n) is 2.33. The molecule has 2 nitrogen and oxygen atoms in total. The average Bonchev–Trinajstić information content (AvgIpc) is 2.96. The average molecular weight is 315 g/mol. The smallest absolute Gasteiger partial charge is 0.0817 e. The molecular weight excluding hydrogens is 300 g/mol. The van der Waals surface area contributed by atoms with E-state index in [-0.39, 0.29) is 6.04 Å². The molecule has 0 spiro atoms. The standard InChI is InChI=1S/C17H15ClN2S/c18-15-10-11-21-17(15)16(20-19)14-8-6-13(7-9-14)12-4-2-1-3-5-12/h1-11,16,20H,19H2. The Kier molecular flexibility index (Phi) is 4.36. The molecule has 1 heterocycles. The van der Waals surface area contributed by atoms with Crippen LogP contribution in [0.5, 0.6) is 0 Å². The second-order valence-electron chi connectivity index (χ2n) is 4.72. The van der Waals surface area contributed by atoms with Gasteiger partial charge in [-0.2, -0.15) is 0 Å². The zero-order valence-corrected chi connectivity index (χ0v) is 12.9. The Hall–Kier alpha value is -1.65. The normalized spacial score (nSPS) is 12.3. The molecule has 1 unspecified atom stereocenters. The van der Waals surface area contributed by atoms with Crippen LogP contribution in [0.4, 0.5) is 0 Å². The first-order valence-electron chi connectivity index (χ1n) is 6.64. The first kappa shape index (κ1) is 14.3. The summed E-state index contributed by atoms with van der Waals surface area (Å²) in [6, 6.07) is 20.5. The number of hydrogen-bond acceptors (Lipinski definition) is 3. The molecule has 0 fully saturated rings. The number of nitrogens with two attached hydrogens (primary N) is 1. The van der Waals surface area contributed by atoms with Gasteiger partial charge in [-0.15, -0.1) is 11.3 Å². The van der Waals surface area contributed by atoms with Crippen molar-refractivity contribution in [1.29, 1.82) is 0 Å². The van der Waals surface area contributed by atoms with Crippen LogP contribution in [0.2, 0.25) is 5.02 Å². The van der Waals surface area contributed by atoms with Gasteiger partial charge in [0, 0.05) is 4.88 Å². The van der Waals surface area contributed by atoms with E-state index in [1.54, 1.807) is 11.3 Å². The fraction of sp³-hybridized carbons (Fsp3) is 0.0588. The monoisotopic (exact) mass is 314 g/mol. The molecule has 0 saturated heterocycles. The van der Waals surface area contributed by atoms with Crippen molar-refractivity contribution in [3.63, 3.8) is 0 Å². The third-order valence-electron chi connectivity index (χ3n) is 3.42. The molecular formula is C17H15ClN2S. The van der Waals surface area contributed by atoms with Gasteiger partial charge in [-0.05, 0) is 28.1 Å². The summed E-state index contributed by atoms with van der Waals surface area (Å²) in [5, 5.41) is 2.72. The molecule has 3 aromatic rings. The Balaban J connectivity index is 1.91. The molecule has 106 valence electrons. The number of halogens is 1. The van der Waals surface area contributed by atoms with E-state index in [1.165, 1.54) is 11.1 Å². The van der Waals surface area contributed by atoms with Gasteiger partial charge in [0.2, 0.25) is 0 Å². The summed E-state index contributed by atoms with van der Waals surface area (Å²) < 4.78 is 0. The van der Waals surface area contributed by atoms with Crippen LogP contribution in [-0.4, -0.2) is 0 Å². The highest BCUT2D eigenvalue weighted by Crippen LogP contribution is 2.33. The Morgan fingerprint density at radius 3 is 2.14 bits per heavy atom. The molecule has 0 radical (unpaired) electrons. The van der Waals surface area contributed by atoms with Crippen molar-refractivity contribution < 1.29 is 0 Å². The van der Waals surface area contributed by atoms with Gasteiger partial charge in [0.1, 0.15) is 0 Å². The Morgan fingerprint density at radius 1 is 0.905 bits per heavy atom. The van der Waals surface area contributed by atoms with Crippen molar-refractivity contribution in [1.82, 2.24) is 5.43 Å². The Labute approximate surface area is 133 Å². The molecule has 21 heavy (non-hydrogen) atoms. The van der Waals surface area contributed by atoms with E-state index in [9.17, 15) is 0 Å². The molecule has 0 amide bonds. The van der Waals surface area contributed by atoms with Gasteiger partial charge in [-0.1, -0.05) is 66.2 Å². The molecule has 0 aliphatic carbocycles. The molecule has 0 aliphatic heterocycles. The van der Waals surface area contributed by atoms with Crippen LogP contribution in [0.15, 0.2) is 66.0 Å². The first-order chi connectivity index (χ1) is 10.3. The second-order valence-corrected chi connectivity index (χ2v) is 6.08. The zero-order chi connectivity index (χ0) is 14.7. The maximum atomic E-state index is 6.21.